The van der Waals surface area contributed by atoms with Gasteiger partial charge in [-0.2, -0.15) is 0 Å². The summed E-state index contributed by atoms with van der Waals surface area (Å²) < 4.78 is 49.7. The minimum Gasteiger partial charge on any atom is -0.493 e. The van der Waals surface area contributed by atoms with Crippen LogP contribution in [0.15, 0.2) is 42.5 Å². The molecule has 1 amide bonds. The third-order valence-corrected chi connectivity index (χ3v) is 5.86. The molecule has 164 valence electrons. The number of sulfonamides is 1. The molecule has 7 nitrogen and oxygen atoms in total. The highest BCUT2D eigenvalue weighted by molar-refractivity contribution is 7.92. The molecule has 2 aromatic rings. The number of methoxy groups -OCH3 is 2. The first kappa shape index (κ1) is 23.5. The fourth-order valence-electron chi connectivity index (χ4n) is 3.16. The monoisotopic (exact) mass is 438 g/mol. The van der Waals surface area contributed by atoms with Crippen molar-refractivity contribution in [2.24, 2.45) is 0 Å². The number of benzene rings is 2. The maximum atomic E-state index is 13.3. The normalized spacial score (nSPS) is 13.3. The van der Waals surface area contributed by atoms with Crippen LogP contribution in [0, 0.1) is 5.82 Å². The number of hydrogen-bond donors (Lipinski definition) is 1. The second-order valence-electron chi connectivity index (χ2n) is 6.80. The number of rotatable bonds is 9. The lowest BCUT2D eigenvalue weighted by atomic mass is 10.1. The molecule has 0 heterocycles. The fourth-order valence-corrected chi connectivity index (χ4v) is 4.38. The van der Waals surface area contributed by atoms with Crippen LogP contribution in [-0.4, -0.2) is 40.8 Å². The summed E-state index contributed by atoms with van der Waals surface area (Å²) >= 11 is 0. The number of anilines is 1. The van der Waals surface area contributed by atoms with Gasteiger partial charge in [0.25, 0.3) is 0 Å². The fraction of sp³-hybridized carbons (Fsp3) is 0.381. The van der Waals surface area contributed by atoms with E-state index < -0.39 is 33.8 Å². The first-order valence-electron chi connectivity index (χ1n) is 9.39. The predicted octanol–water partition coefficient (Wildman–Crippen LogP) is 3.26. The van der Waals surface area contributed by atoms with Crippen LogP contribution in [0.4, 0.5) is 10.1 Å². The van der Waals surface area contributed by atoms with Crippen molar-refractivity contribution in [2.75, 3.05) is 24.8 Å². The van der Waals surface area contributed by atoms with Gasteiger partial charge in [-0.1, -0.05) is 13.0 Å². The van der Waals surface area contributed by atoms with E-state index in [4.69, 9.17) is 9.47 Å². The number of halogens is 1. The van der Waals surface area contributed by atoms with Crippen LogP contribution < -0.4 is 19.1 Å². The zero-order valence-electron chi connectivity index (χ0n) is 17.7. The van der Waals surface area contributed by atoms with Crippen LogP contribution in [0.2, 0.25) is 0 Å². The maximum absolute atomic E-state index is 13.3. The van der Waals surface area contributed by atoms with E-state index in [0.29, 0.717) is 11.5 Å². The number of carbonyl (C=O) groups is 1. The van der Waals surface area contributed by atoms with Crippen LogP contribution in [-0.2, 0) is 14.8 Å². The molecule has 2 aromatic carbocycles. The molecule has 0 aliphatic rings. The molecule has 0 unspecified atom stereocenters. The summed E-state index contributed by atoms with van der Waals surface area (Å²) in [6.07, 6.45) is 1.25. The van der Waals surface area contributed by atoms with Gasteiger partial charge < -0.3 is 14.8 Å². The summed E-state index contributed by atoms with van der Waals surface area (Å²) in [6.45, 7) is 3.50. The zero-order valence-corrected chi connectivity index (χ0v) is 18.5. The molecule has 0 saturated carbocycles. The Kier molecular flexibility index (Phi) is 7.66. The summed E-state index contributed by atoms with van der Waals surface area (Å²) in [4.78, 5) is 13.0. The Morgan fingerprint density at radius 2 is 1.70 bits per heavy atom. The van der Waals surface area contributed by atoms with Crippen LogP contribution in [0.5, 0.6) is 11.5 Å². The lowest BCUT2D eigenvalue weighted by Gasteiger charge is -2.31. The second-order valence-corrected chi connectivity index (χ2v) is 8.66. The summed E-state index contributed by atoms with van der Waals surface area (Å²) in [5.74, 6) is 0.124. The van der Waals surface area contributed by atoms with E-state index in [0.717, 1.165) is 28.3 Å². The van der Waals surface area contributed by atoms with Crippen molar-refractivity contribution in [1.29, 1.82) is 0 Å². The van der Waals surface area contributed by atoms with Gasteiger partial charge in [-0.3, -0.25) is 9.10 Å². The average molecular weight is 439 g/mol. The molecule has 2 atom stereocenters. The van der Waals surface area contributed by atoms with Crippen molar-refractivity contribution in [3.8, 4) is 11.5 Å². The maximum Gasteiger partial charge on any atom is 0.244 e. The van der Waals surface area contributed by atoms with E-state index in [1.807, 2.05) is 0 Å². The topological polar surface area (TPSA) is 84.9 Å². The molecule has 0 saturated heterocycles. The van der Waals surface area contributed by atoms with E-state index in [-0.39, 0.29) is 12.1 Å². The first-order chi connectivity index (χ1) is 14.1. The lowest BCUT2D eigenvalue weighted by molar-refractivity contribution is -0.122. The molecule has 0 aliphatic carbocycles. The predicted molar refractivity (Wildman–Crippen MR) is 114 cm³/mol. The lowest BCUT2D eigenvalue weighted by Crippen LogP contribution is -2.49. The second kappa shape index (κ2) is 9.80. The van der Waals surface area contributed by atoms with Crippen molar-refractivity contribution in [2.45, 2.75) is 32.4 Å². The Hall–Kier alpha value is -2.81. The van der Waals surface area contributed by atoms with E-state index >= 15 is 0 Å². The zero-order chi connectivity index (χ0) is 22.5. The molecular weight excluding hydrogens is 411 g/mol. The van der Waals surface area contributed by atoms with Crippen LogP contribution >= 0.6 is 0 Å². The Morgan fingerprint density at radius 3 is 2.20 bits per heavy atom. The molecule has 9 heteroatoms. The molecule has 2 rings (SSSR count). The standard InChI is InChI=1S/C21H27FN2O5S/c1-6-18(24(30(5,26)27)17-10-8-16(22)9-11-17)21(25)23-14(2)15-7-12-19(28-3)20(13-15)29-4/h7-14,18H,6H2,1-5H3,(H,23,25)/t14-,18-/m0/s1. The molecule has 30 heavy (non-hydrogen) atoms. The van der Waals surface area contributed by atoms with Gasteiger partial charge in [-0.25, -0.2) is 12.8 Å². The van der Waals surface area contributed by atoms with E-state index in [2.05, 4.69) is 5.32 Å². The van der Waals surface area contributed by atoms with E-state index in [1.165, 1.54) is 26.4 Å². The molecule has 0 aromatic heterocycles. The van der Waals surface area contributed by atoms with Gasteiger partial charge in [0.05, 0.1) is 32.2 Å². The molecule has 0 bridgehead atoms. The van der Waals surface area contributed by atoms with Crippen molar-refractivity contribution < 1.29 is 27.1 Å². The third-order valence-electron chi connectivity index (χ3n) is 4.68. The van der Waals surface area contributed by atoms with Crippen molar-refractivity contribution in [1.82, 2.24) is 5.32 Å². The highest BCUT2D eigenvalue weighted by Gasteiger charge is 2.32. The SMILES string of the molecule is CC[C@@H](C(=O)N[C@@H](C)c1ccc(OC)c(OC)c1)N(c1ccc(F)cc1)S(C)(=O)=O. The molecule has 0 spiro atoms. The summed E-state index contributed by atoms with van der Waals surface area (Å²) in [5.41, 5.74) is 0.989. The van der Waals surface area contributed by atoms with Crippen LogP contribution in [0.25, 0.3) is 0 Å². The number of amides is 1. The molecule has 0 radical (unpaired) electrons. The Bertz CT molecular complexity index is 979. The molecule has 0 aliphatic heterocycles. The molecule has 1 N–H and O–H groups in total. The van der Waals surface area contributed by atoms with Gasteiger partial charge in [0.1, 0.15) is 11.9 Å². The minimum absolute atomic E-state index is 0.222. The summed E-state index contributed by atoms with van der Waals surface area (Å²) in [7, 11) is -0.744. The Labute approximate surface area is 176 Å². The number of nitrogens with zero attached hydrogens (tertiary/aromatic N) is 1. The minimum atomic E-state index is -3.79. The van der Waals surface area contributed by atoms with Crippen molar-refractivity contribution in [3.05, 3.63) is 53.8 Å². The molecular formula is C21H27FN2O5S. The average Bonchev–Trinajstić information content (AvgIpc) is 2.71. The third kappa shape index (κ3) is 5.41. The number of carbonyl (C=O) groups excluding carboxylic acids is 1. The van der Waals surface area contributed by atoms with Gasteiger partial charge in [0.15, 0.2) is 11.5 Å². The van der Waals surface area contributed by atoms with Gasteiger partial charge in [0.2, 0.25) is 15.9 Å². The number of nitrogens with one attached hydrogen (secondary N) is 1. The first-order valence-corrected chi connectivity index (χ1v) is 11.2. The largest absolute Gasteiger partial charge is 0.493 e. The molecule has 0 fully saturated rings. The Balaban J connectivity index is 2.30. The van der Waals surface area contributed by atoms with Crippen molar-refractivity contribution in [3.63, 3.8) is 0 Å². The summed E-state index contributed by atoms with van der Waals surface area (Å²) in [6, 6.07) is 8.85. The highest BCUT2D eigenvalue weighted by Crippen LogP contribution is 2.30. The van der Waals surface area contributed by atoms with Crippen LogP contribution in [0.3, 0.4) is 0 Å². The number of ether oxygens (including phenoxy) is 2. The summed E-state index contributed by atoms with van der Waals surface area (Å²) in [5, 5.41) is 2.85. The van der Waals surface area contributed by atoms with E-state index in [1.54, 1.807) is 32.0 Å². The number of hydrogen-bond acceptors (Lipinski definition) is 5. The van der Waals surface area contributed by atoms with Gasteiger partial charge in [-0.15, -0.1) is 0 Å². The highest BCUT2D eigenvalue weighted by atomic mass is 32.2. The van der Waals surface area contributed by atoms with Gasteiger partial charge in [0, 0.05) is 0 Å². The van der Waals surface area contributed by atoms with E-state index in [9.17, 15) is 17.6 Å². The van der Waals surface area contributed by atoms with Gasteiger partial charge in [-0.05, 0) is 55.3 Å². The van der Waals surface area contributed by atoms with Crippen LogP contribution in [0.1, 0.15) is 31.9 Å². The quantitative estimate of drug-likeness (QED) is 0.650. The Morgan fingerprint density at radius 1 is 1.10 bits per heavy atom. The van der Waals surface area contributed by atoms with Gasteiger partial charge >= 0.3 is 0 Å². The smallest absolute Gasteiger partial charge is 0.244 e. The van der Waals surface area contributed by atoms with Crippen molar-refractivity contribution >= 4 is 21.6 Å².